The second kappa shape index (κ2) is 13.3. The van der Waals surface area contributed by atoms with Crippen molar-refractivity contribution < 1.29 is 19.1 Å². The Kier molecular flexibility index (Phi) is 9.89. The smallest absolute Gasteiger partial charge is 0.316 e. The summed E-state index contributed by atoms with van der Waals surface area (Å²) in [7, 11) is 0. The molecule has 0 radical (unpaired) electrons. The number of thioether (sulfide) groups is 1. The third kappa shape index (κ3) is 8.13. The Balaban J connectivity index is 1.76. The van der Waals surface area contributed by atoms with Crippen LogP contribution in [0.3, 0.4) is 0 Å². The van der Waals surface area contributed by atoms with Crippen molar-refractivity contribution in [3.8, 4) is 0 Å². The van der Waals surface area contributed by atoms with Crippen LogP contribution in [-0.2, 0) is 14.3 Å². The summed E-state index contributed by atoms with van der Waals surface area (Å²) in [5, 5.41) is 5.59. The van der Waals surface area contributed by atoms with Gasteiger partial charge >= 0.3 is 5.97 Å². The largest absolute Gasteiger partial charge is 0.465 e. The van der Waals surface area contributed by atoms with Crippen LogP contribution in [0.1, 0.15) is 48.2 Å². The highest BCUT2D eigenvalue weighted by molar-refractivity contribution is 8.00. The molecule has 0 heterocycles. The number of ether oxygens (including phenoxy) is 1. The van der Waals surface area contributed by atoms with E-state index in [0.717, 1.165) is 10.5 Å². The quantitative estimate of drug-likeness (QED) is 0.206. The van der Waals surface area contributed by atoms with E-state index < -0.39 is 5.91 Å². The Morgan fingerprint density at radius 1 is 0.917 bits per heavy atom. The van der Waals surface area contributed by atoms with Crippen LogP contribution >= 0.6 is 11.8 Å². The number of rotatable bonds is 10. The molecule has 0 spiro atoms. The van der Waals surface area contributed by atoms with Gasteiger partial charge in [-0.05, 0) is 66.4 Å². The molecule has 0 aliphatic heterocycles. The Labute approximate surface area is 216 Å². The summed E-state index contributed by atoms with van der Waals surface area (Å²) in [4.78, 5) is 38.4. The van der Waals surface area contributed by atoms with Gasteiger partial charge in [0.25, 0.3) is 11.8 Å². The number of nitrogens with one attached hydrogen (secondary N) is 2. The van der Waals surface area contributed by atoms with Gasteiger partial charge in [0.2, 0.25) is 0 Å². The molecule has 186 valence electrons. The number of hydrogen-bond acceptors (Lipinski definition) is 5. The molecule has 0 aliphatic carbocycles. The van der Waals surface area contributed by atoms with Gasteiger partial charge in [0.05, 0.1) is 12.4 Å². The molecule has 0 unspecified atom stereocenters. The van der Waals surface area contributed by atoms with E-state index in [4.69, 9.17) is 4.74 Å². The predicted octanol–water partition coefficient (Wildman–Crippen LogP) is 5.87. The van der Waals surface area contributed by atoms with Crippen LogP contribution in [-0.4, -0.2) is 30.1 Å². The Bertz CT molecular complexity index is 1200. The van der Waals surface area contributed by atoms with Crippen LogP contribution in [0.4, 0.5) is 5.69 Å². The maximum atomic E-state index is 13.2. The van der Waals surface area contributed by atoms with E-state index in [1.807, 2.05) is 42.5 Å². The van der Waals surface area contributed by atoms with Crippen molar-refractivity contribution in [2.45, 2.75) is 31.6 Å². The molecule has 0 bridgehead atoms. The van der Waals surface area contributed by atoms with Crippen molar-refractivity contribution in [2.24, 2.45) is 0 Å². The van der Waals surface area contributed by atoms with E-state index in [-0.39, 0.29) is 23.3 Å². The molecule has 0 saturated heterocycles. The van der Waals surface area contributed by atoms with Gasteiger partial charge in [0, 0.05) is 16.1 Å². The maximum Gasteiger partial charge on any atom is 0.316 e. The standard InChI is InChI=1S/C29H30N2O4S/c1-4-35-27(32)19-36-25-16-14-24(15-17-25)30-29(34)26(31-28(33)23-8-6-5-7-9-23)18-21-10-12-22(13-11-21)20(2)3/h5-18,20H,4,19H2,1-3H3,(H,30,34)(H,31,33)/b26-18-. The van der Waals surface area contributed by atoms with Crippen LogP contribution in [0.15, 0.2) is 89.5 Å². The van der Waals surface area contributed by atoms with E-state index in [0.29, 0.717) is 23.8 Å². The van der Waals surface area contributed by atoms with Crippen LogP contribution in [0.5, 0.6) is 0 Å². The first-order valence-electron chi connectivity index (χ1n) is 11.7. The Morgan fingerprint density at radius 2 is 1.58 bits per heavy atom. The van der Waals surface area contributed by atoms with Crippen LogP contribution in [0.2, 0.25) is 0 Å². The SMILES string of the molecule is CCOC(=O)CSc1ccc(NC(=O)/C(=C/c2ccc(C(C)C)cc2)NC(=O)c2ccccc2)cc1. The average Bonchev–Trinajstić information content (AvgIpc) is 2.89. The number of anilines is 1. The van der Waals surface area contributed by atoms with E-state index in [2.05, 4.69) is 24.5 Å². The molecule has 0 saturated carbocycles. The Hall–Kier alpha value is -3.84. The summed E-state index contributed by atoms with van der Waals surface area (Å²) in [6.45, 7) is 6.35. The number of hydrogen-bond donors (Lipinski definition) is 2. The summed E-state index contributed by atoms with van der Waals surface area (Å²) in [5.74, 6) is -0.485. The monoisotopic (exact) mass is 502 g/mol. The van der Waals surface area contributed by atoms with Gasteiger partial charge in [-0.1, -0.05) is 56.3 Å². The van der Waals surface area contributed by atoms with Gasteiger partial charge < -0.3 is 15.4 Å². The molecule has 0 fully saturated rings. The van der Waals surface area contributed by atoms with Gasteiger partial charge in [-0.3, -0.25) is 14.4 Å². The van der Waals surface area contributed by atoms with E-state index in [1.54, 1.807) is 49.4 Å². The molecule has 2 N–H and O–H groups in total. The lowest BCUT2D eigenvalue weighted by molar-refractivity contribution is -0.139. The van der Waals surface area contributed by atoms with Gasteiger partial charge in [0.15, 0.2) is 0 Å². The van der Waals surface area contributed by atoms with E-state index in [9.17, 15) is 14.4 Å². The molecular formula is C29H30N2O4S. The zero-order valence-corrected chi connectivity index (χ0v) is 21.4. The number of amides is 2. The first-order chi connectivity index (χ1) is 17.4. The zero-order valence-electron chi connectivity index (χ0n) is 20.6. The highest BCUT2D eigenvalue weighted by atomic mass is 32.2. The lowest BCUT2D eigenvalue weighted by Gasteiger charge is -2.12. The molecule has 2 amide bonds. The summed E-state index contributed by atoms with van der Waals surface area (Å²) in [6, 6.07) is 23.7. The van der Waals surface area contributed by atoms with Crippen molar-refractivity contribution in [3.63, 3.8) is 0 Å². The van der Waals surface area contributed by atoms with Crippen LogP contribution in [0.25, 0.3) is 6.08 Å². The second-order valence-electron chi connectivity index (χ2n) is 8.27. The summed E-state index contributed by atoms with van der Waals surface area (Å²) in [6.07, 6.45) is 1.66. The minimum absolute atomic E-state index is 0.127. The molecule has 3 rings (SSSR count). The van der Waals surface area contributed by atoms with Crippen molar-refractivity contribution in [3.05, 3.63) is 101 Å². The molecule has 0 aliphatic rings. The van der Waals surface area contributed by atoms with Gasteiger partial charge in [-0.25, -0.2) is 0 Å². The fraction of sp³-hybridized carbons (Fsp3) is 0.207. The minimum Gasteiger partial charge on any atom is -0.465 e. The topological polar surface area (TPSA) is 84.5 Å². The molecule has 6 nitrogen and oxygen atoms in total. The normalized spacial score (nSPS) is 11.2. The van der Waals surface area contributed by atoms with Crippen molar-refractivity contribution in [2.75, 3.05) is 17.7 Å². The minimum atomic E-state index is -0.445. The first-order valence-corrected chi connectivity index (χ1v) is 12.7. The number of esters is 1. The van der Waals surface area contributed by atoms with Crippen molar-refractivity contribution in [1.29, 1.82) is 0 Å². The average molecular weight is 503 g/mol. The predicted molar refractivity (Wildman–Crippen MR) is 145 cm³/mol. The lowest BCUT2D eigenvalue weighted by atomic mass is 10.0. The van der Waals surface area contributed by atoms with Crippen molar-refractivity contribution in [1.82, 2.24) is 5.32 Å². The third-order valence-electron chi connectivity index (χ3n) is 5.22. The molecule has 0 atom stereocenters. The molecule has 3 aromatic carbocycles. The van der Waals surface area contributed by atoms with Crippen molar-refractivity contribution >= 4 is 41.3 Å². The van der Waals surface area contributed by atoms with E-state index >= 15 is 0 Å². The Morgan fingerprint density at radius 3 is 2.19 bits per heavy atom. The fourth-order valence-electron chi connectivity index (χ4n) is 3.26. The van der Waals surface area contributed by atoms with E-state index in [1.165, 1.54) is 17.3 Å². The highest BCUT2D eigenvalue weighted by Gasteiger charge is 2.15. The zero-order chi connectivity index (χ0) is 25.9. The summed E-state index contributed by atoms with van der Waals surface area (Å²) < 4.78 is 4.94. The van der Waals surface area contributed by atoms with Gasteiger partial charge in [-0.15, -0.1) is 11.8 Å². The summed E-state index contributed by atoms with van der Waals surface area (Å²) >= 11 is 1.36. The third-order valence-corrected chi connectivity index (χ3v) is 6.20. The fourth-order valence-corrected chi connectivity index (χ4v) is 3.96. The molecule has 7 heteroatoms. The molecule has 3 aromatic rings. The van der Waals surface area contributed by atoms with Crippen LogP contribution < -0.4 is 10.6 Å². The molecule has 36 heavy (non-hydrogen) atoms. The molecular weight excluding hydrogens is 472 g/mol. The van der Waals surface area contributed by atoms with Gasteiger partial charge in [0.1, 0.15) is 5.70 Å². The number of carbonyl (C=O) groups excluding carboxylic acids is 3. The first kappa shape index (κ1) is 26.8. The lowest BCUT2D eigenvalue weighted by Crippen LogP contribution is -2.30. The number of benzene rings is 3. The van der Waals surface area contributed by atoms with Crippen LogP contribution in [0, 0.1) is 0 Å². The number of carbonyl (C=O) groups is 3. The molecule has 0 aromatic heterocycles. The second-order valence-corrected chi connectivity index (χ2v) is 9.32. The summed E-state index contributed by atoms with van der Waals surface area (Å²) in [5.41, 5.74) is 3.13. The van der Waals surface area contributed by atoms with Gasteiger partial charge in [-0.2, -0.15) is 0 Å². The maximum absolute atomic E-state index is 13.2. The highest BCUT2D eigenvalue weighted by Crippen LogP contribution is 2.21.